The maximum absolute atomic E-state index is 14.5. The third kappa shape index (κ3) is 6.43. The van der Waals surface area contributed by atoms with Crippen molar-refractivity contribution >= 4 is 29.5 Å². The van der Waals surface area contributed by atoms with Gasteiger partial charge in [-0.3, -0.25) is 4.79 Å². The largest absolute Gasteiger partial charge is 0.494 e. The van der Waals surface area contributed by atoms with Crippen molar-refractivity contribution in [3.63, 3.8) is 0 Å². The first-order valence-corrected chi connectivity index (χ1v) is 11.1. The zero-order chi connectivity index (χ0) is 25.4. The molecular formula is C28H26ClFO5. The molecule has 0 heterocycles. The van der Waals surface area contributed by atoms with E-state index in [-0.39, 0.29) is 11.5 Å². The Balaban J connectivity index is 1.90. The van der Waals surface area contributed by atoms with Crippen LogP contribution in [0.15, 0.2) is 60.7 Å². The summed E-state index contributed by atoms with van der Waals surface area (Å²) in [4.78, 5) is 12.4. The average Bonchev–Trinajstić information content (AvgIpc) is 2.87. The highest BCUT2D eigenvalue weighted by molar-refractivity contribution is 6.30. The van der Waals surface area contributed by atoms with E-state index in [1.54, 1.807) is 68.8 Å². The number of rotatable bonds is 10. The minimum Gasteiger partial charge on any atom is -0.494 e. The number of benzene rings is 3. The molecule has 0 radical (unpaired) electrons. The SMILES string of the molecule is COc1cc(C/C=C\C(=O)c2ccc(Cl)cc2)c(/C=C\c2cc(OC)c(OC)c(OC)c2)cc1F. The lowest BCUT2D eigenvalue weighted by atomic mass is 10.0. The van der Waals surface area contributed by atoms with E-state index in [1.165, 1.54) is 26.4 Å². The Kier molecular flexibility index (Phi) is 8.92. The molecule has 0 aliphatic rings. The topological polar surface area (TPSA) is 54.0 Å². The molecule has 3 aromatic rings. The van der Waals surface area contributed by atoms with Crippen molar-refractivity contribution in [2.24, 2.45) is 0 Å². The lowest BCUT2D eigenvalue weighted by Gasteiger charge is -2.13. The van der Waals surface area contributed by atoms with Crippen molar-refractivity contribution in [3.05, 3.63) is 93.8 Å². The van der Waals surface area contributed by atoms with Crippen molar-refractivity contribution in [1.82, 2.24) is 0 Å². The Morgan fingerprint density at radius 3 is 2.06 bits per heavy atom. The third-order valence-corrected chi connectivity index (χ3v) is 5.54. The summed E-state index contributed by atoms with van der Waals surface area (Å²) < 4.78 is 35.8. The number of halogens is 2. The van der Waals surface area contributed by atoms with E-state index in [0.717, 1.165) is 11.1 Å². The van der Waals surface area contributed by atoms with Gasteiger partial charge in [-0.1, -0.05) is 29.8 Å². The summed E-state index contributed by atoms with van der Waals surface area (Å²) in [5.41, 5.74) is 2.73. The summed E-state index contributed by atoms with van der Waals surface area (Å²) in [5.74, 6) is 1.00. The zero-order valence-electron chi connectivity index (χ0n) is 19.9. The first kappa shape index (κ1) is 25.8. The van der Waals surface area contributed by atoms with Gasteiger partial charge in [-0.2, -0.15) is 0 Å². The number of hydrogen-bond acceptors (Lipinski definition) is 5. The van der Waals surface area contributed by atoms with E-state index in [4.69, 9.17) is 30.5 Å². The van der Waals surface area contributed by atoms with Crippen LogP contribution >= 0.6 is 11.6 Å². The minimum absolute atomic E-state index is 0.127. The molecule has 182 valence electrons. The molecule has 7 heteroatoms. The predicted octanol–water partition coefficient (Wildman–Crippen LogP) is 6.67. The molecule has 0 unspecified atom stereocenters. The van der Waals surface area contributed by atoms with Crippen LogP contribution in [0, 0.1) is 5.82 Å². The molecule has 0 N–H and O–H groups in total. The molecule has 0 saturated carbocycles. The van der Waals surface area contributed by atoms with Gasteiger partial charge in [-0.05, 0) is 77.7 Å². The van der Waals surface area contributed by atoms with E-state index in [9.17, 15) is 9.18 Å². The van der Waals surface area contributed by atoms with Crippen molar-refractivity contribution in [1.29, 1.82) is 0 Å². The average molecular weight is 497 g/mol. The van der Waals surface area contributed by atoms with Crippen LogP contribution in [0.25, 0.3) is 12.2 Å². The van der Waals surface area contributed by atoms with Gasteiger partial charge in [0, 0.05) is 10.6 Å². The summed E-state index contributed by atoms with van der Waals surface area (Å²) in [5, 5.41) is 0.562. The molecule has 0 aliphatic heterocycles. The Labute approximate surface area is 209 Å². The Bertz CT molecular complexity index is 1220. The molecule has 35 heavy (non-hydrogen) atoms. The Morgan fingerprint density at radius 1 is 0.857 bits per heavy atom. The van der Waals surface area contributed by atoms with Crippen LogP contribution in [0.2, 0.25) is 5.02 Å². The van der Waals surface area contributed by atoms with Gasteiger partial charge in [0.2, 0.25) is 5.75 Å². The van der Waals surface area contributed by atoms with Gasteiger partial charge < -0.3 is 18.9 Å². The molecule has 0 aromatic heterocycles. The number of carbonyl (C=O) groups is 1. The number of carbonyl (C=O) groups excluding carboxylic acids is 1. The van der Waals surface area contributed by atoms with Gasteiger partial charge in [0.25, 0.3) is 0 Å². The molecule has 3 rings (SSSR count). The van der Waals surface area contributed by atoms with Crippen LogP contribution in [0.3, 0.4) is 0 Å². The number of ketones is 1. The Hall–Kier alpha value is -3.77. The summed E-state index contributed by atoms with van der Waals surface area (Å²) in [6.07, 6.45) is 7.22. The fourth-order valence-corrected chi connectivity index (χ4v) is 3.61. The number of methoxy groups -OCH3 is 4. The van der Waals surface area contributed by atoms with Gasteiger partial charge in [0.1, 0.15) is 0 Å². The first-order valence-electron chi connectivity index (χ1n) is 10.7. The van der Waals surface area contributed by atoms with Crippen LogP contribution in [-0.4, -0.2) is 34.2 Å². The van der Waals surface area contributed by atoms with Crippen molar-refractivity contribution < 1.29 is 28.1 Å². The van der Waals surface area contributed by atoms with Crippen LogP contribution in [0.5, 0.6) is 23.0 Å². The molecule has 5 nitrogen and oxygen atoms in total. The second-order valence-corrected chi connectivity index (χ2v) is 7.89. The Morgan fingerprint density at radius 2 is 1.49 bits per heavy atom. The van der Waals surface area contributed by atoms with Gasteiger partial charge in [-0.25, -0.2) is 4.39 Å². The standard InChI is InChI=1S/C28H26ClFO5/c1-32-25-17-20(6-5-7-24(31)19-10-12-22(29)13-11-19)21(16-23(25)30)9-8-18-14-26(33-2)28(35-4)27(15-18)34-3/h5,7-17H,6H2,1-4H3/b7-5-,9-8-. The maximum atomic E-state index is 14.5. The summed E-state index contributed by atoms with van der Waals surface area (Å²) in [7, 11) is 6.03. The van der Waals surface area contributed by atoms with Crippen LogP contribution in [-0.2, 0) is 6.42 Å². The molecule has 0 fully saturated rings. The van der Waals surface area contributed by atoms with E-state index in [2.05, 4.69) is 0 Å². The second kappa shape index (κ2) is 12.1. The molecule has 0 amide bonds. The summed E-state index contributed by atoms with van der Waals surface area (Å²) >= 11 is 5.88. The number of ether oxygens (including phenoxy) is 4. The molecule has 3 aromatic carbocycles. The van der Waals surface area contributed by atoms with Crippen molar-refractivity contribution in [3.8, 4) is 23.0 Å². The lowest BCUT2D eigenvalue weighted by Crippen LogP contribution is -1.97. The van der Waals surface area contributed by atoms with Gasteiger partial charge in [0.05, 0.1) is 28.4 Å². The van der Waals surface area contributed by atoms with Crippen LogP contribution in [0.4, 0.5) is 4.39 Å². The minimum atomic E-state index is -0.484. The van der Waals surface area contributed by atoms with Gasteiger partial charge in [-0.15, -0.1) is 0 Å². The van der Waals surface area contributed by atoms with E-state index in [1.807, 2.05) is 6.08 Å². The van der Waals surface area contributed by atoms with Gasteiger partial charge in [0.15, 0.2) is 28.8 Å². The van der Waals surface area contributed by atoms with Crippen molar-refractivity contribution in [2.45, 2.75) is 6.42 Å². The highest BCUT2D eigenvalue weighted by Gasteiger charge is 2.13. The summed E-state index contributed by atoms with van der Waals surface area (Å²) in [6.45, 7) is 0. The zero-order valence-corrected chi connectivity index (χ0v) is 20.7. The molecular weight excluding hydrogens is 471 g/mol. The van der Waals surface area contributed by atoms with E-state index < -0.39 is 5.82 Å². The fourth-order valence-electron chi connectivity index (χ4n) is 3.49. The highest BCUT2D eigenvalue weighted by Crippen LogP contribution is 2.38. The maximum Gasteiger partial charge on any atom is 0.203 e. The third-order valence-electron chi connectivity index (χ3n) is 5.29. The van der Waals surface area contributed by atoms with Crippen molar-refractivity contribution in [2.75, 3.05) is 28.4 Å². The summed E-state index contributed by atoms with van der Waals surface area (Å²) in [6, 6.07) is 13.3. The van der Waals surface area contributed by atoms with E-state index >= 15 is 0 Å². The molecule has 0 atom stereocenters. The highest BCUT2D eigenvalue weighted by atomic mass is 35.5. The predicted molar refractivity (Wildman–Crippen MR) is 137 cm³/mol. The molecule has 0 saturated heterocycles. The number of hydrogen-bond donors (Lipinski definition) is 0. The second-order valence-electron chi connectivity index (χ2n) is 7.46. The lowest BCUT2D eigenvalue weighted by molar-refractivity contribution is 0.104. The smallest absolute Gasteiger partial charge is 0.203 e. The number of allylic oxidation sites excluding steroid dienone is 2. The molecule has 0 bridgehead atoms. The fraction of sp³-hybridized carbons (Fsp3) is 0.179. The normalized spacial score (nSPS) is 11.1. The molecule has 0 spiro atoms. The van der Waals surface area contributed by atoms with Crippen LogP contribution < -0.4 is 18.9 Å². The van der Waals surface area contributed by atoms with Gasteiger partial charge >= 0.3 is 0 Å². The monoisotopic (exact) mass is 496 g/mol. The van der Waals surface area contributed by atoms with Crippen LogP contribution in [0.1, 0.15) is 27.0 Å². The molecule has 0 aliphatic carbocycles. The first-order chi connectivity index (χ1) is 16.9. The van der Waals surface area contributed by atoms with E-state index in [0.29, 0.717) is 39.8 Å². The quantitative estimate of drug-likeness (QED) is 0.178.